The van der Waals surface area contributed by atoms with Crippen molar-refractivity contribution >= 4 is 35.3 Å². The number of anilines is 1. The average molecular weight is 464 g/mol. The first-order valence-corrected chi connectivity index (χ1v) is 11.1. The molecular formula is C26H26ClN3O3. The van der Waals surface area contributed by atoms with Crippen LogP contribution >= 0.6 is 11.6 Å². The van der Waals surface area contributed by atoms with Crippen molar-refractivity contribution in [3.05, 3.63) is 94.0 Å². The van der Waals surface area contributed by atoms with Crippen LogP contribution in [0.4, 0.5) is 5.69 Å². The summed E-state index contributed by atoms with van der Waals surface area (Å²) >= 11 is 6.18. The van der Waals surface area contributed by atoms with Crippen molar-refractivity contribution in [1.82, 2.24) is 5.43 Å². The van der Waals surface area contributed by atoms with E-state index in [1.165, 1.54) is 6.21 Å². The highest BCUT2D eigenvalue weighted by Gasteiger charge is 2.16. The van der Waals surface area contributed by atoms with Gasteiger partial charge in [-0.05, 0) is 42.2 Å². The SMILES string of the molecule is CCc1cccc(CC)c1NC(=O)C(=O)N/N=C/c1ccccc1OCc1ccccc1Cl. The summed E-state index contributed by atoms with van der Waals surface area (Å²) in [5, 5.41) is 7.28. The molecule has 7 heteroatoms. The van der Waals surface area contributed by atoms with E-state index in [9.17, 15) is 9.59 Å². The number of carbonyl (C=O) groups excluding carboxylic acids is 2. The maximum absolute atomic E-state index is 12.4. The van der Waals surface area contributed by atoms with Gasteiger partial charge in [0.15, 0.2) is 0 Å². The molecule has 0 spiro atoms. The largest absolute Gasteiger partial charge is 0.488 e. The zero-order chi connectivity index (χ0) is 23.6. The second kappa shape index (κ2) is 11.8. The maximum Gasteiger partial charge on any atom is 0.329 e. The molecule has 33 heavy (non-hydrogen) atoms. The number of hydrazone groups is 1. The zero-order valence-corrected chi connectivity index (χ0v) is 19.4. The summed E-state index contributed by atoms with van der Waals surface area (Å²) in [6, 6.07) is 20.5. The molecule has 2 amide bonds. The monoisotopic (exact) mass is 463 g/mol. The summed E-state index contributed by atoms with van der Waals surface area (Å²) in [6.07, 6.45) is 2.92. The third-order valence-electron chi connectivity index (χ3n) is 5.07. The first-order chi connectivity index (χ1) is 16.0. The molecular weight excluding hydrogens is 438 g/mol. The molecule has 0 radical (unpaired) electrons. The quantitative estimate of drug-likeness (QED) is 0.276. The highest BCUT2D eigenvalue weighted by molar-refractivity contribution is 6.39. The predicted octanol–water partition coefficient (Wildman–Crippen LogP) is 5.13. The van der Waals surface area contributed by atoms with Gasteiger partial charge in [-0.1, -0.05) is 74.0 Å². The summed E-state index contributed by atoms with van der Waals surface area (Å²) in [6.45, 7) is 4.29. The highest BCUT2D eigenvalue weighted by Crippen LogP contribution is 2.23. The van der Waals surface area contributed by atoms with Gasteiger partial charge in [-0.15, -0.1) is 0 Å². The Morgan fingerprint density at radius 2 is 1.52 bits per heavy atom. The fourth-order valence-electron chi connectivity index (χ4n) is 3.27. The summed E-state index contributed by atoms with van der Waals surface area (Å²) < 4.78 is 5.87. The predicted molar refractivity (Wildman–Crippen MR) is 132 cm³/mol. The molecule has 0 saturated heterocycles. The zero-order valence-electron chi connectivity index (χ0n) is 18.6. The van der Waals surface area contributed by atoms with E-state index in [0.717, 1.165) is 29.5 Å². The van der Waals surface area contributed by atoms with Crippen LogP contribution in [0.15, 0.2) is 71.8 Å². The van der Waals surface area contributed by atoms with Crippen LogP contribution in [0.25, 0.3) is 0 Å². The van der Waals surface area contributed by atoms with Crippen LogP contribution in [0.1, 0.15) is 36.1 Å². The van der Waals surface area contributed by atoms with Crippen LogP contribution in [0.5, 0.6) is 5.75 Å². The molecule has 3 aromatic rings. The standard InChI is InChI=1S/C26H26ClN3O3/c1-3-18-12-9-13-19(4-2)24(18)29-25(31)26(32)30-28-16-20-10-6-8-15-23(20)33-17-21-11-5-7-14-22(21)27/h5-16H,3-4,17H2,1-2H3,(H,29,31)(H,30,32)/b28-16+. The fraction of sp³-hybridized carbons (Fsp3) is 0.192. The Morgan fingerprint density at radius 3 is 2.21 bits per heavy atom. The first kappa shape index (κ1) is 24.0. The Kier molecular flexibility index (Phi) is 8.61. The van der Waals surface area contributed by atoms with Crippen molar-refractivity contribution in [3.8, 4) is 5.75 Å². The van der Waals surface area contributed by atoms with E-state index in [2.05, 4.69) is 15.8 Å². The number of nitrogens with zero attached hydrogens (tertiary/aromatic N) is 1. The number of hydrogen-bond acceptors (Lipinski definition) is 4. The van der Waals surface area contributed by atoms with Gasteiger partial charge < -0.3 is 10.1 Å². The number of rotatable bonds is 8. The molecule has 0 aliphatic carbocycles. The Morgan fingerprint density at radius 1 is 0.879 bits per heavy atom. The topological polar surface area (TPSA) is 79.8 Å². The number of nitrogens with one attached hydrogen (secondary N) is 2. The van der Waals surface area contributed by atoms with Crippen molar-refractivity contribution in [1.29, 1.82) is 0 Å². The molecule has 0 aliphatic rings. The molecule has 3 rings (SSSR count). The lowest BCUT2D eigenvalue weighted by molar-refractivity contribution is -0.136. The highest BCUT2D eigenvalue weighted by atomic mass is 35.5. The Bertz CT molecular complexity index is 1140. The molecule has 0 saturated carbocycles. The molecule has 0 heterocycles. The smallest absolute Gasteiger partial charge is 0.329 e. The van der Waals surface area contributed by atoms with Gasteiger partial charge >= 0.3 is 11.8 Å². The normalized spacial score (nSPS) is 10.8. The molecule has 0 bridgehead atoms. The molecule has 3 aromatic carbocycles. The number of ether oxygens (including phenoxy) is 1. The fourth-order valence-corrected chi connectivity index (χ4v) is 3.46. The summed E-state index contributed by atoms with van der Waals surface area (Å²) in [7, 11) is 0. The van der Waals surface area contributed by atoms with E-state index >= 15 is 0 Å². The molecule has 0 atom stereocenters. The second-order valence-corrected chi connectivity index (χ2v) is 7.64. The van der Waals surface area contributed by atoms with E-state index in [1.54, 1.807) is 18.2 Å². The van der Waals surface area contributed by atoms with Gasteiger partial charge in [-0.2, -0.15) is 5.10 Å². The van der Waals surface area contributed by atoms with E-state index in [-0.39, 0.29) is 6.61 Å². The number of carbonyl (C=O) groups is 2. The third kappa shape index (κ3) is 6.43. The lowest BCUT2D eigenvalue weighted by Gasteiger charge is -2.13. The number of aryl methyl sites for hydroxylation is 2. The number of hydrogen-bond donors (Lipinski definition) is 2. The summed E-state index contributed by atoms with van der Waals surface area (Å²) in [5.41, 5.74) is 6.42. The van der Waals surface area contributed by atoms with Gasteiger partial charge in [-0.3, -0.25) is 9.59 Å². The van der Waals surface area contributed by atoms with Crippen LogP contribution < -0.4 is 15.5 Å². The van der Waals surface area contributed by atoms with Crippen molar-refractivity contribution < 1.29 is 14.3 Å². The van der Waals surface area contributed by atoms with Crippen LogP contribution in [0, 0.1) is 0 Å². The molecule has 170 valence electrons. The van der Waals surface area contributed by atoms with Crippen LogP contribution in [-0.2, 0) is 29.0 Å². The average Bonchev–Trinajstić information content (AvgIpc) is 2.84. The van der Waals surface area contributed by atoms with E-state index in [0.29, 0.717) is 22.0 Å². The van der Waals surface area contributed by atoms with Gasteiger partial charge in [0, 0.05) is 21.8 Å². The third-order valence-corrected chi connectivity index (χ3v) is 5.44. The van der Waals surface area contributed by atoms with Crippen molar-refractivity contribution in [2.45, 2.75) is 33.3 Å². The minimum Gasteiger partial charge on any atom is -0.488 e. The van der Waals surface area contributed by atoms with Gasteiger partial charge in [0.25, 0.3) is 0 Å². The molecule has 0 aromatic heterocycles. The number of para-hydroxylation sites is 2. The minimum atomic E-state index is -0.853. The summed E-state index contributed by atoms with van der Waals surface area (Å²) in [4.78, 5) is 24.7. The molecule has 0 fully saturated rings. The van der Waals surface area contributed by atoms with Crippen molar-refractivity contribution in [3.63, 3.8) is 0 Å². The Hall–Kier alpha value is -3.64. The van der Waals surface area contributed by atoms with Gasteiger partial charge in [-0.25, -0.2) is 5.43 Å². The first-order valence-electron chi connectivity index (χ1n) is 10.7. The molecule has 6 nitrogen and oxygen atoms in total. The second-order valence-electron chi connectivity index (χ2n) is 7.23. The van der Waals surface area contributed by atoms with E-state index in [1.807, 2.05) is 62.4 Å². The summed E-state index contributed by atoms with van der Waals surface area (Å²) in [5.74, 6) is -1.05. The number of amides is 2. The van der Waals surface area contributed by atoms with Gasteiger partial charge in [0.1, 0.15) is 12.4 Å². The maximum atomic E-state index is 12.4. The van der Waals surface area contributed by atoms with Crippen molar-refractivity contribution in [2.75, 3.05) is 5.32 Å². The van der Waals surface area contributed by atoms with Gasteiger partial charge in [0.05, 0.1) is 6.21 Å². The minimum absolute atomic E-state index is 0.288. The van der Waals surface area contributed by atoms with Gasteiger partial charge in [0.2, 0.25) is 0 Å². The lowest BCUT2D eigenvalue weighted by Crippen LogP contribution is -2.33. The molecule has 0 aliphatic heterocycles. The van der Waals surface area contributed by atoms with Crippen LogP contribution in [0.3, 0.4) is 0 Å². The number of benzene rings is 3. The van der Waals surface area contributed by atoms with Crippen LogP contribution in [-0.4, -0.2) is 18.0 Å². The molecule has 0 unspecified atom stereocenters. The lowest BCUT2D eigenvalue weighted by atomic mass is 10.0. The van der Waals surface area contributed by atoms with E-state index < -0.39 is 11.8 Å². The molecule has 2 N–H and O–H groups in total. The van der Waals surface area contributed by atoms with Crippen molar-refractivity contribution in [2.24, 2.45) is 5.10 Å². The Labute approximate surface area is 198 Å². The number of halogens is 1. The Balaban J connectivity index is 1.63. The van der Waals surface area contributed by atoms with E-state index in [4.69, 9.17) is 16.3 Å². The van der Waals surface area contributed by atoms with Crippen LogP contribution in [0.2, 0.25) is 5.02 Å².